The van der Waals surface area contributed by atoms with Crippen LogP contribution in [0.4, 0.5) is 0 Å². The van der Waals surface area contributed by atoms with Crippen LogP contribution in [-0.4, -0.2) is 17.6 Å². The van der Waals surface area contributed by atoms with Gasteiger partial charge in [-0.3, -0.25) is 4.99 Å². The molecule has 6 heteroatoms. The summed E-state index contributed by atoms with van der Waals surface area (Å²) in [4.78, 5) is 4.25. The van der Waals surface area contributed by atoms with Crippen molar-refractivity contribution in [2.75, 3.05) is 7.05 Å². The molecular formula is C16H20Cl2N4. The molecule has 0 bridgehead atoms. The molecule has 0 saturated heterocycles. The van der Waals surface area contributed by atoms with E-state index in [4.69, 9.17) is 23.2 Å². The molecule has 4 nitrogen and oxygen atoms in total. The molecule has 0 spiro atoms. The van der Waals surface area contributed by atoms with Crippen LogP contribution in [-0.2, 0) is 13.6 Å². The second-order valence-corrected chi connectivity index (χ2v) is 5.89. The number of aromatic nitrogens is 1. The second-order valence-electron chi connectivity index (χ2n) is 5.08. The summed E-state index contributed by atoms with van der Waals surface area (Å²) < 4.78 is 2.07. The topological polar surface area (TPSA) is 41.4 Å². The number of halogens is 2. The molecule has 0 aliphatic carbocycles. The van der Waals surface area contributed by atoms with Gasteiger partial charge in [0, 0.05) is 26.0 Å². The van der Waals surface area contributed by atoms with Crippen molar-refractivity contribution >= 4 is 29.2 Å². The van der Waals surface area contributed by atoms with Gasteiger partial charge >= 0.3 is 0 Å². The van der Waals surface area contributed by atoms with Crippen LogP contribution in [0.5, 0.6) is 0 Å². The Labute approximate surface area is 141 Å². The SMILES string of the molecule is CN=C(NCc1cccn1C)NC(C)c1ccc(Cl)c(Cl)c1. The summed E-state index contributed by atoms with van der Waals surface area (Å²) in [5, 5.41) is 7.75. The van der Waals surface area contributed by atoms with Gasteiger partial charge in [-0.25, -0.2) is 0 Å². The van der Waals surface area contributed by atoms with Gasteiger partial charge in [0.05, 0.1) is 22.6 Å². The molecule has 0 radical (unpaired) electrons. The van der Waals surface area contributed by atoms with Crippen molar-refractivity contribution in [2.24, 2.45) is 12.0 Å². The van der Waals surface area contributed by atoms with Crippen LogP contribution in [0, 0.1) is 0 Å². The van der Waals surface area contributed by atoms with Crippen LogP contribution in [0.3, 0.4) is 0 Å². The van der Waals surface area contributed by atoms with Crippen LogP contribution in [0.2, 0.25) is 10.0 Å². The van der Waals surface area contributed by atoms with Gasteiger partial charge in [0.2, 0.25) is 0 Å². The standard InChI is InChI=1S/C16H20Cl2N4/c1-11(12-6-7-14(17)15(18)9-12)21-16(19-2)20-10-13-5-4-8-22(13)3/h4-9,11H,10H2,1-3H3,(H2,19,20,21). The summed E-state index contributed by atoms with van der Waals surface area (Å²) in [6.45, 7) is 2.76. The maximum Gasteiger partial charge on any atom is 0.191 e. The summed E-state index contributed by atoms with van der Waals surface area (Å²) in [5.74, 6) is 0.736. The summed E-state index contributed by atoms with van der Waals surface area (Å²) in [7, 11) is 3.77. The first-order chi connectivity index (χ1) is 10.5. The first-order valence-corrected chi connectivity index (χ1v) is 7.79. The van der Waals surface area contributed by atoms with Crippen molar-refractivity contribution in [1.82, 2.24) is 15.2 Å². The van der Waals surface area contributed by atoms with Crippen molar-refractivity contribution in [3.8, 4) is 0 Å². The van der Waals surface area contributed by atoms with Gasteiger partial charge in [0.15, 0.2) is 5.96 Å². The number of nitrogens with zero attached hydrogens (tertiary/aromatic N) is 2. The smallest absolute Gasteiger partial charge is 0.191 e. The van der Waals surface area contributed by atoms with Crippen LogP contribution < -0.4 is 10.6 Å². The summed E-state index contributed by atoms with van der Waals surface area (Å²) in [6, 6.07) is 9.78. The third-order valence-corrected chi connectivity index (χ3v) is 4.25. The normalized spacial score (nSPS) is 13.0. The highest BCUT2D eigenvalue weighted by Crippen LogP contribution is 2.25. The maximum atomic E-state index is 6.07. The van der Waals surface area contributed by atoms with Crippen molar-refractivity contribution in [1.29, 1.82) is 0 Å². The predicted molar refractivity (Wildman–Crippen MR) is 93.6 cm³/mol. The number of hydrogen-bond donors (Lipinski definition) is 2. The highest BCUT2D eigenvalue weighted by Gasteiger charge is 2.10. The first-order valence-electron chi connectivity index (χ1n) is 7.03. The minimum Gasteiger partial charge on any atom is -0.353 e. The highest BCUT2D eigenvalue weighted by molar-refractivity contribution is 6.42. The van der Waals surface area contributed by atoms with E-state index >= 15 is 0 Å². The Morgan fingerprint density at radius 3 is 2.64 bits per heavy atom. The van der Waals surface area contributed by atoms with Gasteiger partial charge in [-0.1, -0.05) is 29.3 Å². The number of nitrogens with one attached hydrogen (secondary N) is 2. The zero-order valence-electron chi connectivity index (χ0n) is 12.9. The quantitative estimate of drug-likeness (QED) is 0.658. The Balaban J connectivity index is 1.97. The van der Waals surface area contributed by atoms with Crippen molar-refractivity contribution < 1.29 is 0 Å². The monoisotopic (exact) mass is 338 g/mol. The lowest BCUT2D eigenvalue weighted by molar-refractivity contribution is 0.676. The molecular weight excluding hydrogens is 319 g/mol. The van der Waals surface area contributed by atoms with E-state index < -0.39 is 0 Å². The lowest BCUT2D eigenvalue weighted by Gasteiger charge is -2.19. The largest absolute Gasteiger partial charge is 0.353 e. The Kier molecular flexibility index (Phi) is 5.75. The second kappa shape index (κ2) is 7.56. The fraction of sp³-hybridized carbons (Fsp3) is 0.312. The van der Waals surface area contributed by atoms with E-state index in [1.165, 1.54) is 5.69 Å². The number of aliphatic imine (C=N–C) groups is 1. The number of benzene rings is 1. The van der Waals surface area contributed by atoms with Gasteiger partial charge in [-0.15, -0.1) is 0 Å². The van der Waals surface area contributed by atoms with Crippen molar-refractivity contribution in [3.05, 3.63) is 57.8 Å². The molecule has 2 rings (SSSR count). The van der Waals surface area contributed by atoms with E-state index in [0.29, 0.717) is 16.6 Å². The lowest BCUT2D eigenvalue weighted by Crippen LogP contribution is -2.38. The number of aryl methyl sites for hydroxylation is 1. The van der Waals surface area contributed by atoms with Crippen molar-refractivity contribution in [3.63, 3.8) is 0 Å². The molecule has 0 saturated carbocycles. The number of hydrogen-bond acceptors (Lipinski definition) is 1. The Hall–Kier alpha value is -1.65. The van der Waals surface area contributed by atoms with E-state index in [0.717, 1.165) is 11.5 Å². The molecule has 0 fully saturated rings. The van der Waals surface area contributed by atoms with Gasteiger partial charge in [0.1, 0.15) is 0 Å². The molecule has 2 aromatic rings. The Morgan fingerprint density at radius 1 is 1.27 bits per heavy atom. The Morgan fingerprint density at radius 2 is 2.05 bits per heavy atom. The van der Waals surface area contributed by atoms with Crippen molar-refractivity contribution in [2.45, 2.75) is 19.5 Å². The third kappa shape index (κ3) is 4.18. The van der Waals surface area contributed by atoms with Crippen LogP contribution in [0.1, 0.15) is 24.2 Å². The maximum absolute atomic E-state index is 6.07. The fourth-order valence-electron chi connectivity index (χ4n) is 2.12. The van der Waals surface area contributed by atoms with E-state index in [1.54, 1.807) is 13.1 Å². The van der Waals surface area contributed by atoms with Gasteiger partial charge in [-0.05, 0) is 36.8 Å². The third-order valence-electron chi connectivity index (χ3n) is 3.51. The molecule has 2 N–H and O–H groups in total. The van der Waals surface area contributed by atoms with E-state index in [2.05, 4.69) is 33.2 Å². The van der Waals surface area contributed by atoms with Crippen LogP contribution in [0.25, 0.3) is 0 Å². The van der Waals surface area contributed by atoms with E-state index in [-0.39, 0.29) is 6.04 Å². The Bertz CT molecular complexity index is 664. The molecule has 0 aliphatic rings. The average Bonchev–Trinajstić information content (AvgIpc) is 2.91. The fourth-order valence-corrected chi connectivity index (χ4v) is 2.43. The van der Waals surface area contributed by atoms with Gasteiger partial charge < -0.3 is 15.2 Å². The summed E-state index contributed by atoms with van der Waals surface area (Å²) >= 11 is 12.0. The number of rotatable bonds is 4. The molecule has 1 unspecified atom stereocenters. The van der Waals surface area contributed by atoms with Gasteiger partial charge in [-0.2, -0.15) is 0 Å². The zero-order chi connectivity index (χ0) is 16.1. The van der Waals surface area contributed by atoms with Gasteiger partial charge in [0.25, 0.3) is 0 Å². The molecule has 118 valence electrons. The molecule has 22 heavy (non-hydrogen) atoms. The lowest BCUT2D eigenvalue weighted by atomic mass is 10.1. The number of guanidine groups is 1. The summed E-state index contributed by atoms with van der Waals surface area (Å²) in [6.07, 6.45) is 2.02. The van der Waals surface area contributed by atoms with Crippen LogP contribution >= 0.6 is 23.2 Å². The average molecular weight is 339 g/mol. The molecule has 0 aliphatic heterocycles. The molecule has 1 atom stereocenters. The first kappa shape index (κ1) is 16.7. The molecule has 0 amide bonds. The minimum absolute atomic E-state index is 0.0642. The molecule has 1 aromatic heterocycles. The van der Waals surface area contributed by atoms with Crippen LogP contribution in [0.15, 0.2) is 41.5 Å². The minimum atomic E-state index is 0.0642. The van der Waals surface area contributed by atoms with E-state index in [1.807, 2.05) is 31.4 Å². The highest BCUT2D eigenvalue weighted by atomic mass is 35.5. The molecule has 1 heterocycles. The summed E-state index contributed by atoms with van der Waals surface area (Å²) in [5.41, 5.74) is 2.24. The molecule has 1 aromatic carbocycles. The predicted octanol–water partition coefficient (Wildman–Crippen LogP) is 3.76. The zero-order valence-corrected chi connectivity index (χ0v) is 14.4. The van der Waals surface area contributed by atoms with E-state index in [9.17, 15) is 0 Å².